The summed E-state index contributed by atoms with van der Waals surface area (Å²) in [6.07, 6.45) is 5.31. The lowest BCUT2D eigenvalue weighted by atomic mass is 9.99. The molecule has 1 fully saturated rings. The summed E-state index contributed by atoms with van der Waals surface area (Å²) in [5, 5.41) is 7.69. The zero-order valence-corrected chi connectivity index (χ0v) is 10.5. The van der Waals surface area contributed by atoms with E-state index in [0.29, 0.717) is 6.04 Å². The Morgan fingerprint density at radius 2 is 2.38 bits per heavy atom. The van der Waals surface area contributed by atoms with Gasteiger partial charge in [-0.15, -0.1) is 0 Å². The van der Waals surface area contributed by atoms with E-state index in [-0.39, 0.29) is 0 Å². The maximum Gasteiger partial charge on any atom is 0.0534 e. The van der Waals surface area contributed by atoms with Crippen molar-refractivity contribution in [1.29, 1.82) is 0 Å². The highest BCUT2D eigenvalue weighted by molar-refractivity contribution is 5.04. The quantitative estimate of drug-likeness (QED) is 0.820. The van der Waals surface area contributed by atoms with E-state index in [1.54, 1.807) is 0 Å². The highest BCUT2D eigenvalue weighted by Crippen LogP contribution is 2.19. The third kappa shape index (κ3) is 2.44. The average Bonchev–Trinajstić information content (AvgIpc) is 2.86. The summed E-state index contributed by atoms with van der Waals surface area (Å²) in [5.41, 5.74) is 1.30. The summed E-state index contributed by atoms with van der Waals surface area (Å²) in [5.74, 6) is 0.793. The van der Waals surface area contributed by atoms with Crippen LogP contribution in [0.25, 0.3) is 0 Å². The van der Waals surface area contributed by atoms with E-state index in [1.807, 2.05) is 17.9 Å². The topological polar surface area (TPSA) is 33.1 Å². The van der Waals surface area contributed by atoms with E-state index in [0.717, 1.165) is 19.0 Å². The van der Waals surface area contributed by atoms with Crippen LogP contribution in [-0.2, 0) is 13.6 Å². The fourth-order valence-electron chi connectivity index (χ4n) is 2.61. The number of hydrogen-bond acceptors (Lipinski definition) is 3. The molecular formula is C12H22N4. The van der Waals surface area contributed by atoms with E-state index in [2.05, 4.69) is 35.5 Å². The number of hydrogen-bond donors (Lipinski definition) is 1. The van der Waals surface area contributed by atoms with Crippen molar-refractivity contribution in [3.05, 3.63) is 18.0 Å². The molecule has 4 heteroatoms. The third-order valence-electron chi connectivity index (χ3n) is 3.59. The fraction of sp³-hybridized carbons (Fsp3) is 0.750. The van der Waals surface area contributed by atoms with Crippen molar-refractivity contribution in [3.63, 3.8) is 0 Å². The van der Waals surface area contributed by atoms with Crippen LogP contribution in [0.1, 0.15) is 18.9 Å². The summed E-state index contributed by atoms with van der Waals surface area (Å²) in [4.78, 5) is 2.45. The van der Waals surface area contributed by atoms with Crippen LogP contribution in [0.3, 0.4) is 0 Å². The predicted octanol–water partition coefficient (Wildman–Crippen LogP) is 0.850. The summed E-state index contributed by atoms with van der Waals surface area (Å²) < 4.78 is 1.87. The molecule has 2 heterocycles. The molecule has 0 radical (unpaired) electrons. The van der Waals surface area contributed by atoms with Crippen molar-refractivity contribution in [3.8, 4) is 0 Å². The predicted molar refractivity (Wildman–Crippen MR) is 65.1 cm³/mol. The van der Waals surface area contributed by atoms with Gasteiger partial charge < -0.3 is 5.32 Å². The molecule has 1 aromatic heterocycles. The van der Waals surface area contributed by atoms with Crippen molar-refractivity contribution in [2.45, 2.75) is 25.9 Å². The van der Waals surface area contributed by atoms with Gasteiger partial charge in [0.15, 0.2) is 0 Å². The monoisotopic (exact) mass is 222 g/mol. The zero-order valence-electron chi connectivity index (χ0n) is 10.5. The van der Waals surface area contributed by atoms with E-state index in [1.165, 1.54) is 18.5 Å². The third-order valence-corrected chi connectivity index (χ3v) is 3.59. The van der Waals surface area contributed by atoms with Gasteiger partial charge in [0, 0.05) is 37.9 Å². The van der Waals surface area contributed by atoms with Crippen LogP contribution >= 0.6 is 0 Å². The molecule has 0 spiro atoms. The Hall–Kier alpha value is -0.870. The van der Waals surface area contributed by atoms with Gasteiger partial charge in [-0.05, 0) is 19.5 Å². The fourth-order valence-corrected chi connectivity index (χ4v) is 2.61. The molecule has 2 unspecified atom stereocenters. The van der Waals surface area contributed by atoms with Gasteiger partial charge >= 0.3 is 0 Å². The summed E-state index contributed by atoms with van der Waals surface area (Å²) >= 11 is 0. The van der Waals surface area contributed by atoms with E-state index >= 15 is 0 Å². The van der Waals surface area contributed by atoms with E-state index < -0.39 is 0 Å². The van der Waals surface area contributed by atoms with E-state index in [9.17, 15) is 0 Å². The average molecular weight is 222 g/mol. The number of aromatic nitrogens is 2. The molecule has 1 aliphatic rings. The largest absolute Gasteiger partial charge is 0.315 e. The lowest BCUT2D eigenvalue weighted by Gasteiger charge is -2.27. The highest BCUT2D eigenvalue weighted by atomic mass is 15.2. The minimum Gasteiger partial charge on any atom is -0.315 e. The molecule has 0 saturated carbocycles. The number of nitrogens with zero attached hydrogens (tertiary/aromatic N) is 3. The van der Waals surface area contributed by atoms with Gasteiger partial charge in [0.1, 0.15) is 0 Å². The number of rotatable bonds is 4. The van der Waals surface area contributed by atoms with Crippen LogP contribution in [0.15, 0.2) is 12.4 Å². The molecule has 2 rings (SSSR count). The maximum atomic E-state index is 4.21. The molecule has 2 atom stereocenters. The first-order valence-corrected chi connectivity index (χ1v) is 6.09. The van der Waals surface area contributed by atoms with Crippen molar-refractivity contribution in [1.82, 2.24) is 20.0 Å². The van der Waals surface area contributed by atoms with Crippen molar-refractivity contribution in [2.24, 2.45) is 13.0 Å². The molecule has 0 aliphatic carbocycles. The van der Waals surface area contributed by atoms with Crippen LogP contribution < -0.4 is 5.32 Å². The second-order valence-corrected chi connectivity index (χ2v) is 4.83. The number of aryl methyl sites for hydroxylation is 1. The molecule has 0 bridgehead atoms. The molecule has 0 amide bonds. The lowest BCUT2D eigenvalue weighted by Crippen LogP contribution is -2.37. The molecule has 1 aromatic rings. The van der Waals surface area contributed by atoms with Crippen LogP contribution in [0.5, 0.6) is 0 Å². The first-order chi connectivity index (χ1) is 7.70. The van der Waals surface area contributed by atoms with Crippen LogP contribution in [0.2, 0.25) is 0 Å². The Balaban J connectivity index is 1.94. The molecule has 1 aliphatic heterocycles. The van der Waals surface area contributed by atoms with Crippen LogP contribution in [0, 0.1) is 5.92 Å². The molecule has 1 saturated heterocycles. The summed E-state index contributed by atoms with van der Waals surface area (Å²) in [6, 6.07) is 0.671. The maximum absolute atomic E-state index is 4.21. The molecular weight excluding hydrogens is 200 g/mol. The first-order valence-electron chi connectivity index (χ1n) is 6.09. The SMILES string of the molecule is CCC1CNCC1N(C)Cc1cnn(C)c1. The zero-order chi connectivity index (χ0) is 11.5. The van der Waals surface area contributed by atoms with Crippen molar-refractivity contribution in [2.75, 3.05) is 20.1 Å². The summed E-state index contributed by atoms with van der Waals surface area (Å²) in [6.45, 7) is 5.56. The van der Waals surface area contributed by atoms with Gasteiger partial charge in [-0.25, -0.2) is 0 Å². The molecule has 4 nitrogen and oxygen atoms in total. The van der Waals surface area contributed by atoms with Gasteiger partial charge in [-0.1, -0.05) is 13.3 Å². The highest BCUT2D eigenvalue weighted by Gasteiger charge is 2.28. The summed E-state index contributed by atoms with van der Waals surface area (Å²) in [7, 11) is 4.18. The second kappa shape index (κ2) is 4.97. The van der Waals surface area contributed by atoms with Crippen molar-refractivity contribution < 1.29 is 0 Å². The van der Waals surface area contributed by atoms with E-state index in [4.69, 9.17) is 0 Å². The second-order valence-electron chi connectivity index (χ2n) is 4.83. The van der Waals surface area contributed by atoms with Crippen LogP contribution in [0.4, 0.5) is 0 Å². The molecule has 90 valence electrons. The van der Waals surface area contributed by atoms with Gasteiger partial charge in [0.25, 0.3) is 0 Å². The molecule has 1 N–H and O–H groups in total. The number of nitrogens with one attached hydrogen (secondary N) is 1. The lowest BCUT2D eigenvalue weighted by molar-refractivity contribution is 0.201. The molecule has 0 aromatic carbocycles. The Labute approximate surface area is 97.6 Å². The van der Waals surface area contributed by atoms with Gasteiger partial charge in [0.05, 0.1) is 6.20 Å². The standard InChI is InChI=1S/C12H22N4/c1-4-11-6-13-7-12(11)15(2)8-10-5-14-16(3)9-10/h5,9,11-13H,4,6-8H2,1-3H3. The normalized spacial score (nSPS) is 25.5. The minimum atomic E-state index is 0.671. The first kappa shape index (κ1) is 11.6. The van der Waals surface area contributed by atoms with Gasteiger partial charge in [-0.2, -0.15) is 5.10 Å². The Bertz CT molecular complexity index is 334. The Morgan fingerprint density at radius 1 is 1.56 bits per heavy atom. The van der Waals surface area contributed by atoms with Gasteiger partial charge in [0.2, 0.25) is 0 Å². The van der Waals surface area contributed by atoms with Crippen molar-refractivity contribution >= 4 is 0 Å². The Morgan fingerprint density at radius 3 is 3.00 bits per heavy atom. The minimum absolute atomic E-state index is 0.671. The molecule has 16 heavy (non-hydrogen) atoms. The smallest absolute Gasteiger partial charge is 0.0534 e. The van der Waals surface area contributed by atoms with Gasteiger partial charge in [-0.3, -0.25) is 9.58 Å². The number of likely N-dealkylation sites (N-methyl/N-ethyl adjacent to an activating group) is 1. The Kier molecular flexibility index (Phi) is 3.61. The van der Waals surface area contributed by atoms with Crippen LogP contribution in [-0.4, -0.2) is 40.9 Å².